The summed E-state index contributed by atoms with van der Waals surface area (Å²) in [6.45, 7) is 0.345. The summed E-state index contributed by atoms with van der Waals surface area (Å²) in [6.07, 6.45) is 4.00. The third kappa shape index (κ3) is 4.21. The maximum Gasteiger partial charge on any atom is 0.161 e. The molecular weight excluding hydrogens is 373 g/mol. The van der Waals surface area contributed by atoms with Gasteiger partial charge in [-0.2, -0.15) is 0 Å². The fourth-order valence-corrected chi connectivity index (χ4v) is 3.65. The highest BCUT2D eigenvalue weighted by Crippen LogP contribution is 2.30. The van der Waals surface area contributed by atoms with E-state index in [1.54, 1.807) is 30.6 Å². The SMILES string of the molecule is COc1cc(/C=C/c2nc3ccccc3s2)ccc1OCc1ccc(F)cc1. The molecule has 0 saturated heterocycles. The Balaban J connectivity index is 1.48. The molecule has 1 aromatic heterocycles. The Morgan fingerprint density at radius 3 is 2.57 bits per heavy atom. The Morgan fingerprint density at radius 2 is 1.79 bits per heavy atom. The molecule has 0 aliphatic carbocycles. The third-order valence-electron chi connectivity index (χ3n) is 4.22. The molecule has 4 aromatic rings. The zero-order valence-electron chi connectivity index (χ0n) is 15.3. The molecule has 3 nitrogen and oxygen atoms in total. The molecule has 3 aromatic carbocycles. The molecule has 5 heteroatoms. The lowest BCUT2D eigenvalue weighted by atomic mass is 10.2. The van der Waals surface area contributed by atoms with E-state index < -0.39 is 0 Å². The molecule has 0 N–H and O–H groups in total. The van der Waals surface area contributed by atoms with Crippen molar-refractivity contribution in [3.8, 4) is 11.5 Å². The van der Waals surface area contributed by atoms with Crippen molar-refractivity contribution in [3.05, 3.63) is 88.7 Å². The van der Waals surface area contributed by atoms with Gasteiger partial charge in [0.1, 0.15) is 17.4 Å². The molecule has 0 atom stereocenters. The Labute approximate surface area is 166 Å². The van der Waals surface area contributed by atoms with Gasteiger partial charge in [0.15, 0.2) is 11.5 Å². The second kappa shape index (κ2) is 8.23. The number of aromatic nitrogens is 1. The van der Waals surface area contributed by atoms with Crippen molar-refractivity contribution in [2.24, 2.45) is 0 Å². The molecule has 0 aliphatic rings. The molecule has 1 heterocycles. The Hall–Kier alpha value is -3.18. The van der Waals surface area contributed by atoms with Gasteiger partial charge in [-0.15, -0.1) is 11.3 Å². The number of hydrogen-bond donors (Lipinski definition) is 0. The summed E-state index contributed by atoms with van der Waals surface area (Å²) in [5.41, 5.74) is 2.89. The van der Waals surface area contributed by atoms with Crippen molar-refractivity contribution in [2.45, 2.75) is 6.61 Å². The second-order valence-electron chi connectivity index (χ2n) is 6.18. The van der Waals surface area contributed by atoms with Crippen molar-refractivity contribution >= 4 is 33.7 Å². The predicted octanol–water partition coefficient (Wildman–Crippen LogP) is 6.19. The predicted molar refractivity (Wildman–Crippen MR) is 112 cm³/mol. The third-order valence-corrected chi connectivity index (χ3v) is 5.23. The average Bonchev–Trinajstić information content (AvgIpc) is 3.15. The van der Waals surface area contributed by atoms with Crippen LogP contribution < -0.4 is 9.47 Å². The van der Waals surface area contributed by atoms with Crippen LogP contribution in [0.1, 0.15) is 16.1 Å². The zero-order valence-corrected chi connectivity index (χ0v) is 16.1. The van der Waals surface area contributed by atoms with Gasteiger partial charge in [0, 0.05) is 0 Å². The highest BCUT2D eigenvalue weighted by atomic mass is 32.1. The lowest BCUT2D eigenvalue weighted by Crippen LogP contribution is -1.98. The van der Waals surface area contributed by atoms with Gasteiger partial charge in [-0.05, 0) is 53.6 Å². The number of rotatable bonds is 6. The minimum atomic E-state index is -0.259. The van der Waals surface area contributed by atoms with Crippen LogP contribution >= 0.6 is 11.3 Å². The van der Waals surface area contributed by atoms with Crippen LogP contribution in [-0.2, 0) is 6.61 Å². The first-order valence-electron chi connectivity index (χ1n) is 8.80. The molecule has 0 radical (unpaired) electrons. The van der Waals surface area contributed by atoms with Gasteiger partial charge < -0.3 is 9.47 Å². The topological polar surface area (TPSA) is 31.4 Å². The van der Waals surface area contributed by atoms with E-state index in [0.29, 0.717) is 18.1 Å². The van der Waals surface area contributed by atoms with E-state index in [1.807, 2.05) is 48.6 Å². The summed E-state index contributed by atoms with van der Waals surface area (Å²) in [5.74, 6) is 1.03. The van der Waals surface area contributed by atoms with Crippen LogP contribution in [0.25, 0.3) is 22.4 Å². The smallest absolute Gasteiger partial charge is 0.161 e. The summed E-state index contributed by atoms with van der Waals surface area (Å²) in [4.78, 5) is 4.61. The minimum Gasteiger partial charge on any atom is -0.493 e. The number of fused-ring (bicyclic) bond motifs is 1. The molecule has 4 rings (SSSR count). The molecule has 0 spiro atoms. The summed E-state index contributed by atoms with van der Waals surface area (Å²) in [5, 5.41) is 0.955. The zero-order chi connectivity index (χ0) is 19.3. The Kier molecular flexibility index (Phi) is 5.35. The van der Waals surface area contributed by atoms with Gasteiger partial charge in [0.2, 0.25) is 0 Å². The summed E-state index contributed by atoms with van der Waals surface area (Å²) < 4.78 is 25.5. The van der Waals surface area contributed by atoms with Gasteiger partial charge in [-0.1, -0.05) is 36.4 Å². The average molecular weight is 391 g/mol. The molecule has 0 fully saturated rings. The maximum atomic E-state index is 13.0. The number of ether oxygens (including phenoxy) is 2. The van der Waals surface area contributed by atoms with Gasteiger partial charge in [0.05, 0.1) is 17.3 Å². The van der Waals surface area contributed by atoms with Crippen LogP contribution in [0.2, 0.25) is 0 Å². The van der Waals surface area contributed by atoms with E-state index in [4.69, 9.17) is 9.47 Å². The monoisotopic (exact) mass is 391 g/mol. The van der Waals surface area contributed by atoms with Crippen LogP contribution in [0.15, 0.2) is 66.7 Å². The van der Waals surface area contributed by atoms with Gasteiger partial charge in [-0.25, -0.2) is 9.37 Å². The number of halogens is 1. The van der Waals surface area contributed by atoms with Crippen molar-refractivity contribution in [3.63, 3.8) is 0 Å². The van der Waals surface area contributed by atoms with Crippen LogP contribution in [-0.4, -0.2) is 12.1 Å². The van der Waals surface area contributed by atoms with E-state index in [-0.39, 0.29) is 5.82 Å². The van der Waals surface area contributed by atoms with Gasteiger partial charge in [0.25, 0.3) is 0 Å². The molecule has 0 aliphatic heterocycles. The number of hydrogen-bond acceptors (Lipinski definition) is 4. The number of thiazole rings is 1. The fraction of sp³-hybridized carbons (Fsp3) is 0.0870. The van der Waals surface area contributed by atoms with E-state index in [0.717, 1.165) is 21.7 Å². The molecular formula is C23H18FNO2S. The molecule has 0 bridgehead atoms. The Bertz CT molecular complexity index is 1090. The normalized spacial score (nSPS) is 11.2. The first-order chi connectivity index (χ1) is 13.7. The largest absolute Gasteiger partial charge is 0.493 e. The minimum absolute atomic E-state index is 0.259. The highest BCUT2D eigenvalue weighted by Gasteiger charge is 2.06. The van der Waals surface area contributed by atoms with Crippen molar-refractivity contribution in [1.29, 1.82) is 0 Å². The lowest BCUT2D eigenvalue weighted by Gasteiger charge is -2.11. The molecule has 140 valence electrons. The first-order valence-corrected chi connectivity index (χ1v) is 9.62. The van der Waals surface area contributed by atoms with E-state index in [1.165, 1.54) is 16.8 Å². The maximum absolute atomic E-state index is 13.0. The summed E-state index contributed by atoms with van der Waals surface area (Å²) in [7, 11) is 1.61. The van der Waals surface area contributed by atoms with Gasteiger partial charge >= 0.3 is 0 Å². The summed E-state index contributed by atoms with van der Waals surface area (Å²) >= 11 is 1.66. The van der Waals surface area contributed by atoms with Crippen molar-refractivity contribution in [1.82, 2.24) is 4.98 Å². The quantitative estimate of drug-likeness (QED) is 0.392. The fourth-order valence-electron chi connectivity index (χ4n) is 2.78. The standard InChI is InChI=1S/C23H18FNO2S/c1-26-21-14-16(9-13-23-25-19-4-2-3-5-22(19)28-23)8-12-20(21)27-15-17-6-10-18(24)11-7-17/h2-14H,15H2,1H3/b13-9+. The number of benzene rings is 3. The van der Waals surface area contributed by atoms with Crippen LogP contribution in [0.5, 0.6) is 11.5 Å². The van der Waals surface area contributed by atoms with E-state index in [2.05, 4.69) is 11.1 Å². The lowest BCUT2D eigenvalue weighted by molar-refractivity contribution is 0.284. The number of methoxy groups -OCH3 is 1. The van der Waals surface area contributed by atoms with E-state index in [9.17, 15) is 4.39 Å². The molecule has 28 heavy (non-hydrogen) atoms. The highest BCUT2D eigenvalue weighted by molar-refractivity contribution is 7.19. The van der Waals surface area contributed by atoms with E-state index >= 15 is 0 Å². The van der Waals surface area contributed by atoms with Crippen LogP contribution in [0.3, 0.4) is 0 Å². The van der Waals surface area contributed by atoms with Crippen molar-refractivity contribution < 1.29 is 13.9 Å². The Morgan fingerprint density at radius 1 is 0.964 bits per heavy atom. The molecule has 0 amide bonds. The van der Waals surface area contributed by atoms with Crippen molar-refractivity contribution in [2.75, 3.05) is 7.11 Å². The van der Waals surface area contributed by atoms with Gasteiger partial charge in [-0.3, -0.25) is 0 Å². The van der Waals surface area contributed by atoms with Crippen LogP contribution in [0.4, 0.5) is 4.39 Å². The summed E-state index contributed by atoms with van der Waals surface area (Å²) in [6, 6.07) is 20.1. The number of nitrogens with zero attached hydrogens (tertiary/aromatic N) is 1. The number of para-hydroxylation sites is 1. The van der Waals surface area contributed by atoms with Crippen LogP contribution in [0, 0.1) is 5.82 Å². The first kappa shape index (κ1) is 18.2. The molecule has 0 saturated carbocycles. The second-order valence-corrected chi connectivity index (χ2v) is 7.24. The molecule has 0 unspecified atom stereocenters.